The van der Waals surface area contributed by atoms with E-state index in [-0.39, 0.29) is 5.91 Å². The van der Waals surface area contributed by atoms with Crippen molar-refractivity contribution < 1.29 is 9.53 Å². The Kier molecular flexibility index (Phi) is 7.19. The Morgan fingerprint density at radius 2 is 2.27 bits per heavy atom. The molecule has 1 heterocycles. The molecule has 0 aliphatic carbocycles. The van der Waals surface area contributed by atoms with Gasteiger partial charge < -0.3 is 15.0 Å². The molecule has 1 aliphatic rings. The molecule has 1 aromatic rings. The molecule has 0 spiro atoms. The van der Waals surface area contributed by atoms with Crippen LogP contribution in [0.4, 0.5) is 0 Å². The van der Waals surface area contributed by atoms with Gasteiger partial charge in [-0.3, -0.25) is 4.79 Å². The second-order valence-electron chi connectivity index (χ2n) is 5.79. The van der Waals surface area contributed by atoms with Gasteiger partial charge in [0.2, 0.25) is 5.91 Å². The summed E-state index contributed by atoms with van der Waals surface area (Å²) in [7, 11) is 1.97. The number of halogens is 1. The van der Waals surface area contributed by atoms with Gasteiger partial charge in [0.05, 0.1) is 11.1 Å². The summed E-state index contributed by atoms with van der Waals surface area (Å²) in [4.78, 5) is 14.3. The predicted octanol–water partition coefficient (Wildman–Crippen LogP) is 3.07. The maximum Gasteiger partial charge on any atom is 0.222 e. The lowest BCUT2D eigenvalue weighted by molar-refractivity contribution is -0.133. The maximum absolute atomic E-state index is 12.3. The summed E-state index contributed by atoms with van der Waals surface area (Å²) in [5.74, 6) is 1.69. The van der Waals surface area contributed by atoms with E-state index in [1.54, 1.807) is 0 Å². The van der Waals surface area contributed by atoms with Gasteiger partial charge in [0.15, 0.2) is 0 Å². The largest absolute Gasteiger partial charge is 0.492 e. The molecule has 0 saturated carbocycles. The lowest BCUT2D eigenvalue weighted by Crippen LogP contribution is -2.42. The summed E-state index contributed by atoms with van der Waals surface area (Å²) in [6.45, 7) is 3.37. The van der Waals surface area contributed by atoms with Crippen LogP contribution in [0.25, 0.3) is 0 Å². The van der Waals surface area contributed by atoms with Crippen molar-refractivity contribution >= 4 is 21.8 Å². The molecule has 1 amide bonds. The monoisotopic (exact) mass is 368 g/mol. The molecule has 1 N–H and O–H groups in total. The number of amides is 1. The molecule has 22 heavy (non-hydrogen) atoms. The lowest BCUT2D eigenvalue weighted by Gasteiger charge is -2.32. The molecule has 122 valence electrons. The number of nitrogens with zero attached hydrogens (tertiary/aromatic N) is 1. The molecule has 0 bridgehead atoms. The highest BCUT2D eigenvalue weighted by Gasteiger charge is 2.22. The van der Waals surface area contributed by atoms with Crippen LogP contribution in [0.2, 0.25) is 0 Å². The van der Waals surface area contributed by atoms with Crippen molar-refractivity contribution in [3.05, 3.63) is 28.7 Å². The maximum atomic E-state index is 12.3. The lowest BCUT2D eigenvalue weighted by atomic mass is 9.97. The van der Waals surface area contributed by atoms with Crippen LogP contribution in [0.3, 0.4) is 0 Å². The third-order valence-corrected chi connectivity index (χ3v) is 4.65. The Morgan fingerprint density at radius 3 is 3.05 bits per heavy atom. The van der Waals surface area contributed by atoms with Gasteiger partial charge in [0.1, 0.15) is 5.75 Å². The predicted molar refractivity (Wildman–Crippen MR) is 92.1 cm³/mol. The molecule has 4 nitrogen and oxygen atoms in total. The fraction of sp³-hybridized carbons (Fsp3) is 0.588. The number of hydrogen-bond acceptors (Lipinski definition) is 3. The number of para-hydroxylation sites is 1. The van der Waals surface area contributed by atoms with E-state index in [0.29, 0.717) is 18.9 Å². The molecule has 2 rings (SSSR count). The van der Waals surface area contributed by atoms with Gasteiger partial charge in [-0.2, -0.15) is 0 Å². The van der Waals surface area contributed by atoms with Crippen LogP contribution in [0.15, 0.2) is 28.7 Å². The van der Waals surface area contributed by atoms with Gasteiger partial charge in [-0.15, -0.1) is 0 Å². The van der Waals surface area contributed by atoms with Gasteiger partial charge in [0.25, 0.3) is 0 Å². The summed E-state index contributed by atoms with van der Waals surface area (Å²) >= 11 is 3.46. The molecule has 1 fully saturated rings. The number of piperidine rings is 1. The number of ether oxygens (including phenoxy) is 1. The highest BCUT2D eigenvalue weighted by molar-refractivity contribution is 9.10. The summed E-state index contributed by atoms with van der Waals surface area (Å²) in [5.41, 5.74) is 0. The standard InChI is InChI=1S/C17H25BrN2O2/c1-19-12-14-6-4-10-20(13-14)17(21)9-5-11-22-16-8-3-2-7-15(16)18/h2-3,7-8,14,19H,4-6,9-13H2,1H3/t14-/m0/s1. The number of carbonyl (C=O) groups is 1. The fourth-order valence-electron chi connectivity index (χ4n) is 2.87. The van der Waals surface area contributed by atoms with Gasteiger partial charge in [-0.05, 0) is 66.8 Å². The average molecular weight is 369 g/mol. The minimum absolute atomic E-state index is 0.261. The number of likely N-dealkylation sites (tertiary alicyclic amines) is 1. The third kappa shape index (κ3) is 5.29. The summed E-state index contributed by atoms with van der Waals surface area (Å²) < 4.78 is 6.66. The highest BCUT2D eigenvalue weighted by Crippen LogP contribution is 2.24. The molecule has 1 aliphatic heterocycles. The van der Waals surface area contributed by atoms with Crippen molar-refractivity contribution in [3.63, 3.8) is 0 Å². The molecule has 0 unspecified atom stereocenters. The van der Waals surface area contributed by atoms with Crippen molar-refractivity contribution in [1.82, 2.24) is 10.2 Å². The van der Waals surface area contributed by atoms with Gasteiger partial charge in [-0.25, -0.2) is 0 Å². The normalized spacial score (nSPS) is 18.3. The first-order valence-corrected chi connectivity index (χ1v) is 8.79. The molecule has 1 aromatic carbocycles. The van der Waals surface area contributed by atoms with Crippen LogP contribution in [-0.2, 0) is 4.79 Å². The minimum atomic E-state index is 0.261. The first kappa shape index (κ1) is 17.3. The van der Waals surface area contributed by atoms with Crippen molar-refractivity contribution in [2.45, 2.75) is 25.7 Å². The van der Waals surface area contributed by atoms with E-state index < -0.39 is 0 Å². The second kappa shape index (κ2) is 9.16. The van der Waals surface area contributed by atoms with Crippen LogP contribution < -0.4 is 10.1 Å². The van der Waals surface area contributed by atoms with Crippen LogP contribution >= 0.6 is 15.9 Å². The molecule has 1 saturated heterocycles. The van der Waals surface area contributed by atoms with E-state index in [4.69, 9.17) is 4.74 Å². The number of rotatable bonds is 7. The quantitative estimate of drug-likeness (QED) is 0.752. The van der Waals surface area contributed by atoms with E-state index in [2.05, 4.69) is 21.2 Å². The summed E-state index contributed by atoms with van der Waals surface area (Å²) in [6, 6.07) is 7.79. The third-order valence-electron chi connectivity index (χ3n) is 3.99. The molecule has 0 radical (unpaired) electrons. The van der Waals surface area contributed by atoms with Gasteiger partial charge >= 0.3 is 0 Å². The van der Waals surface area contributed by atoms with E-state index in [0.717, 1.165) is 42.7 Å². The van der Waals surface area contributed by atoms with E-state index >= 15 is 0 Å². The van der Waals surface area contributed by atoms with Crippen LogP contribution in [-0.4, -0.2) is 44.1 Å². The van der Waals surface area contributed by atoms with Crippen molar-refractivity contribution in [3.8, 4) is 5.75 Å². The zero-order valence-corrected chi connectivity index (χ0v) is 14.8. The van der Waals surface area contributed by atoms with Gasteiger partial charge in [0, 0.05) is 19.5 Å². The first-order valence-electron chi connectivity index (χ1n) is 8.00. The van der Waals surface area contributed by atoms with Crippen molar-refractivity contribution in [2.75, 3.05) is 33.3 Å². The Bertz CT molecular complexity index is 479. The minimum Gasteiger partial charge on any atom is -0.492 e. The molecule has 1 atom stereocenters. The Morgan fingerprint density at radius 1 is 1.45 bits per heavy atom. The number of hydrogen-bond donors (Lipinski definition) is 1. The Labute approximate surface area is 141 Å². The Hall–Kier alpha value is -1.07. The molecular formula is C17H25BrN2O2. The summed E-state index contributed by atoms with van der Waals surface area (Å²) in [6.07, 6.45) is 3.66. The SMILES string of the molecule is CNC[C@@H]1CCCN(C(=O)CCCOc2ccccc2Br)C1. The number of nitrogens with one attached hydrogen (secondary N) is 1. The van der Waals surface area contributed by atoms with Crippen molar-refractivity contribution in [2.24, 2.45) is 5.92 Å². The van der Waals surface area contributed by atoms with E-state index in [1.807, 2.05) is 36.2 Å². The van der Waals surface area contributed by atoms with Crippen LogP contribution in [0.1, 0.15) is 25.7 Å². The number of carbonyl (C=O) groups excluding carboxylic acids is 1. The smallest absolute Gasteiger partial charge is 0.222 e. The summed E-state index contributed by atoms with van der Waals surface area (Å²) in [5, 5.41) is 3.21. The number of benzene rings is 1. The van der Waals surface area contributed by atoms with E-state index in [9.17, 15) is 4.79 Å². The molecule has 0 aromatic heterocycles. The average Bonchev–Trinajstić information content (AvgIpc) is 2.53. The fourth-order valence-corrected chi connectivity index (χ4v) is 3.27. The van der Waals surface area contributed by atoms with Crippen LogP contribution in [0.5, 0.6) is 5.75 Å². The molecular weight excluding hydrogens is 344 g/mol. The zero-order chi connectivity index (χ0) is 15.8. The second-order valence-corrected chi connectivity index (χ2v) is 6.64. The van der Waals surface area contributed by atoms with Crippen LogP contribution in [0, 0.1) is 5.92 Å². The van der Waals surface area contributed by atoms with Gasteiger partial charge in [-0.1, -0.05) is 12.1 Å². The molecule has 5 heteroatoms. The zero-order valence-electron chi connectivity index (χ0n) is 13.2. The topological polar surface area (TPSA) is 41.6 Å². The van der Waals surface area contributed by atoms with Crippen molar-refractivity contribution in [1.29, 1.82) is 0 Å². The van der Waals surface area contributed by atoms with E-state index in [1.165, 1.54) is 6.42 Å². The highest BCUT2D eigenvalue weighted by atomic mass is 79.9. The Balaban J connectivity index is 1.68. The first-order chi connectivity index (χ1) is 10.7.